The zero-order valence-electron chi connectivity index (χ0n) is 20.9. The molecule has 2 heterocycles. The van der Waals surface area contributed by atoms with Gasteiger partial charge in [-0.3, -0.25) is 9.59 Å². The summed E-state index contributed by atoms with van der Waals surface area (Å²) in [4.78, 5) is 33.1. The number of nitrogens with zero attached hydrogens (tertiary/aromatic N) is 2. The highest BCUT2D eigenvalue weighted by Gasteiger charge is 2.47. The van der Waals surface area contributed by atoms with Gasteiger partial charge < -0.3 is 15.1 Å². The van der Waals surface area contributed by atoms with E-state index in [9.17, 15) is 9.59 Å². The molecule has 0 bridgehead atoms. The first-order valence-corrected chi connectivity index (χ1v) is 14.1. The van der Waals surface area contributed by atoms with Crippen LogP contribution in [-0.2, 0) is 4.79 Å². The van der Waals surface area contributed by atoms with Crippen LogP contribution in [0.4, 0.5) is 5.69 Å². The lowest BCUT2D eigenvalue weighted by molar-refractivity contribution is -0.124. The van der Waals surface area contributed by atoms with E-state index in [-0.39, 0.29) is 23.9 Å². The molecule has 0 unspecified atom stereocenters. The van der Waals surface area contributed by atoms with E-state index in [1.54, 1.807) is 11.3 Å². The van der Waals surface area contributed by atoms with E-state index in [1.165, 1.54) is 5.69 Å². The quantitative estimate of drug-likeness (QED) is 0.366. The molecule has 2 amide bonds. The molecule has 1 aliphatic carbocycles. The van der Waals surface area contributed by atoms with Gasteiger partial charge in [0.05, 0.1) is 12.0 Å². The Morgan fingerprint density at radius 3 is 2.50 bits per heavy atom. The minimum atomic E-state index is -0.408. The number of rotatable bonds is 9. The molecule has 6 heteroatoms. The van der Waals surface area contributed by atoms with Gasteiger partial charge in [0.1, 0.15) is 0 Å². The van der Waals surface area contributed by atoms with Crippen LogP contribution >= 0.6 is 11.3 Å². The van der Waals surface area contributed by atoms with Gasteiger partial charge in [-0.1, -0.05) is 55.3 Å². The van der Waals surface area contributed by atoms with Crippen molar-refractivity contribution in [3.63, 3.8) is 0 Å². The van der Waals surface area contributed by atoms with E-state index in [2.05, 4.69) is 52.4 Å². The van der Waals surface area contributed by atoms with Crippen molar-refractivity contribution in [1.82, 2.24) is 10.2 Å². The summed E-state index contributed by atoms with van der Waals surface area (Å²) in [6, 6.07) is 22.2. The molecule has 1 saturated carbocycles. The highest BCUT2D eigenvalue weighted by molar-refractivity contribution is 7.10. The van der Waals surface area contributed by atoms with E-state index >= 15 is 0 Å². The minimum absolute atomic E-state index is 0.0131. The molecule has 1 aromatic heterocycles. The van der Waals surface area contributed by atoms with Crippen LogP contribution in [0.5, 0.6) is 0 Å². The Hall–Kier alpha value is -3.12. The second-order valence-electron chi connectivity index (χ2n) is 9.74. The highest BCUT2D eigenvalue weighted by atomic mass is 32.1. The Balaban J connectivity index is 1.37. The largest absolute Gasteiger partial charge is 0.372 e. The summed E-state index contributed by atoms with van der Waals surface area (Å²) >= 11 is 1.64. The van der Waals surface area contributed by atoms with Crippen molar-refractivity contribution in [2.45, 2.75) is 57.0 Å². The molecule has 1 aliphatic heterocycles. The molecular formula is C30H35N3O2S. The first-order chi connectivity index (χ1) is 17.7. The number of carbonyl (C=O) groups excluding carboxylic acids is 2. The fraction of sp³-hybridized carbons (Fsp3) is 0.400. The molecule has 36 heavy (non-hydrogen) atoms. The summed E-state index contributed by atoms with van der Waals surface area (Å²) < 4.78 is 0. The zero-order valence-corrected chi connectivity index (χ0v) is 21.8. The number of fused-ring (bicyclic) bond motifs is 1. The van der Waals surface area contributed by atoms with Crippen LogP contribution in [0.2, 0.25) is 0 Å². The van der Waals surface area contributed by atoms with Crippen LogP contribution in [0.25, 0.3) is 0 Å². The summed E-state index contributed by atoms with van der Waals surface area (Å²) in [5.41, 5.74) is 2.74. The van der Waals surface area contributed by atoms with Crippen LogP contribution in [-0.4, -0.2) is 42.4 Å². The molecule has 0 saturated heterocycles. The van der Waals surface area contributed by atoms with Gasteiger partial charge in [-0.05, 0) is 61.4 Å². The molecule has 0 radical (unpaired) electrons. The summed E-state index contributed by atoms with van der Waals surface area (Å²) in [7, 11) is 0. The van der Waals surface area contributed by atoms with Crippen LogP contribution in [0, 0.1) is 0 Å². The van der Waals surface area contributed by atoms with Gasteiger partial charge in [0.2, 0.25) is 5.91 Å². The van der Waals surface area contributed by atoms with Crippen molar-refractivity contribution in [2.75, 3.05) is 24.5 Å². The van der Waals surface area contributed by atoms with Gasteiger partial charge in [0.15, 0.2) is 0 Å². The van der Waals surface area contributed by atoms with E-state index < -0.39 is 5.92 Å². The lowest BCUT2D eigenvalue weighted by Gasteiger charge is -2.44. The molecule has 5 rings (SSSR count). The number of anilines is 1. The standard InChI is InChI=1S/C30H35N3O2S/c1-2-32(22-12-4-3-5-13-22)20-11-19-31-29(34)27-24-16-8-9-17-25(24)30(35)33(23-14-6-7-15-23)28(27)26-18-10-21-36-26/h3-5,8-10,12-13,16-18,21,23,27-28H,2,6-7,11,14-15,19-20H2,1H3,(H,31,34)/t27-,28-/m1/s1. The van der Waals surface area contributed by atoms with Gasteiger partial charge in [-0.2, -0.15) is 0 Å². The maximum Gasteiger partial charge on any atom is 0.254 e. The maximum absolute atomic E-state index is 13.9. The Morgan fingerprint density at radius 1 is 1.03 bits per heavy atom. The van der Waals surface area contributed by atoms with Crippen LogP contribution < -0.4 is 10.2 Å². The summed E-state index contributed by atoms with van der Waals surface area (Å²) in [5.74, 6) is -0.324. The molecule has 2 aliphatic rings. The molecule has 188 valence electrons. The number of benzene rings is 2. The van der Waals surface area contributed by atoms with Crippen molar-refractivity contribution in [2.24, 2.45) is 0 Å². The average Bonchev–Trinajstić information content (AvgIpc) is 3.64. The molecule has 2 aromatic carbocycles. The smallest absolute Gasteiger partial charge is 0.254 e. The van der Waals surface area contributed by atoms with Crippen LogP contribution in [0.3, 0.4) is 0 Å². The van der Waals surface area contributed by atoms with Crippen molar-refractivity contribution in [1.29, 1.82) is 0 Å². The van der Waals surface area contributed by atoms with E-state index in [0.717, 1.165) is 55.6 Å². The van der Waals surface area contributed by atoms with E-state index in [1.807, 2.05) is 41.8 Å². The SMILES string of the molecule is CCN(CCCNC(=O)[C@@H]1c2ccccc2C(=O)N(C2CCCC2)[C@@H]1c1cccs1)c1ccccc1. The van der Waals surface area contributed by atoms with Crippen molar-refractivity contribution < 1.29 is 9.59 Å². The fourth-order valence-corrected chi connectivity index (χ4v) is 6.74. The monoisotopic (exact) mass is 501 g/mol. The third kappa shape index (κ3) is 4.92. The summed E-state index contributed by atoms with van der Waals surface area (Å²) in [5, 5.41) is 5.29. The van der Waals surface area contributed by atoms with Gasteiger partial charge >= 0.3 is 0 Å². The molecule has 2 atom stereocenters. The number of carbonyl (C=O) groups is 2. The summed E-state index contributed by atoms with van der Waals surface area (Å²) in [6.07, 6.45) is 5.16. The molecule has 1 N–H and O–H groups in total. The lowest BCUT2D eigenvalue weighted by Crippen LogP contribution is -2.50. The second-order valence-corrected chi connectivity index (χ2v) is 10.7. The first kappa shape index (κ1) is 24.6. The first-order valence-electron chi connectivity index (χ1n) is 13.2. The number of amides is 2. The minimum Gasteiger partial charge on any atom is -0.372 e. The average molecular weight is 502 g/mol. The predicted octanol–water partition coefficient (Wildman–Crippen LogP) is 6.00. The number of thiophene rings is 1. The Kier molecular flexibility index (Phi) is 7.71. The van der Waals surface area contributed by atoms with Crippen LogP contribution in [0.1, 0.15) is 71.8 Å². The molecule has 0 spiro atoms. The van der Waals surface area contributed by atoms with Crippen LogP contribution in [0.15, 0.2) is 72.1 Å². The third-order valence-corrected chi connectivity index (χ3v) is 8.56. The number of hydrogen-bond donors (Lipinski definition) is 1. The number of hydrogen-bond acceptors (Lipinski definition) is 4. The lowest BCUT2D eigenvalue weighted by atomic mass is 9.80. The zero-order chi connectivity index (χ0) is 24.9. The summed E-state index contributed by atoms with van der Waals surface area (Å²) in [6.45, 7) is 4.57. The molecule has 3 aromatic rings. The molecular weight excluding hydrogens is 466 g/mol. The second kappa shape index (κ2) is 11.3. The Labute approximate surface area is 218 Å². The highest BCUT2D eigenvalue weighted by Crippen LogP contribution is 2.47. The topological polar surface area (TPSA) is 52.7 Å². The molecule has 1 fully saturated rings. The number of para-hydroxylation sites is 1. The van der Waals surface area contributed by atoms with Gasteiger partial charge in [0, 0.05) is 41.8 Å². The van der Waals surface area contributed by atoms with Gasteiger partial charge in [-0.25, -0.2) is 0 Å². The van der Waals surface area contributed by atoms with E-state index in [0.29, 0.717) is 12.1 Å². The van der Waals surface area contributed by atoms with Crippen molar-refractivity contribution in [3.05, 3.63) is 88.1 Å². The predicted molar refractivity (Wildman–Crippen MR) is 147 cm³/mol. The van der Waals surface area contributed by atoms with Crippen molar-refractivity contribution in [3.8, 4) is 0 Å². The maximum atomic E-state index is 13.9. The third-order valence-electron chi connectivity index (χ3n) is 7.62. The van der Waals surface area contributed by atoms with Crippen molar-refractivity contribution >= 4 is 28.8 Å². The molecule has 5 nitrogen and oxygen atoms in total. The van der Waals surface area contributed by atoms with E-state index in [4.69, 9.17) is 0 Å². The van der Waals surface area contributed by atoms with Gasteiger partial charge in [-0.15, -0.1) is 11.3 Å². The normalized spacial score (nSPS) is 19.8. The Morgan fingerprint density at radius 2 is 1.78 bits per heavy atom. The number of nitrogens with one attached hydrogen (secondary N) is 1. The Bertz CT molecular complexity index is 1160. The fourth-order valence-electron chi connectivity index (χ4n) is 5.88. The van der Waals surface area contributed by atoms with Gasteiger partial charge in [0.25, 0.3) is 5.91 Å².